The monoisotopic (exact) mass is 313 g/mol. The largest absolute Gasteiger partial charge is 0.269 e. The van der Waals surface area contributed by atoms with Crippen molar-refractivity contribution < 1.29 is 8.42 Å². The molecule has 1 atom stereocenters. The van der Waals surface area contributed by atoms with Crippen LogP contribution in [-0.4, -0.2) is 24.2 Å². The molecular formula is C13H19N3O2S2. The molecule has 20 heavy (non-hydrogen) atoms. The summed E-state index contributed by atoms with van der Waals surface area (Å²) >= 11 is 1.61. The van der Waals surface area contributed by atoms with Gasteiger partial charge in [-0.25, -0.2) is 13.1 Å². The van der Waals surface area contributed by atoms with Crippen molar-refractivity contribution >= 4 is 21.4 Å². The van der Waals surface area contributed by atoms with Gasteiger partial charge in [0.1, 0.15) is 4.90 Å². The van der Waals surface area contributed by atoms with E-state index in [1.807, 2.05) is 37.6 Å². The molecule has 0 saturated heterocycles. The maximum atomic E-state index is 12.2. The summed E-state index contributed by atoms with van der Waals surface area (Å²) in [6.07, 6.45) is 3.63. The van der Waals surface area contributed by atoms with E-state index in [-0.39, 0.29) is 17.0 Å². The Morgan fingerprint density at radius 3 is 2.70 bits per heavy atom. The van der Waals surface area contributed by atoms with Gasteiger partial charge >= 0.3 is 0 Å². The van der Waals surface area contributed by atoms with Gasteiger partial charge in [0.25, 0.3) is 0 Å². The lowest BCUT2D eigenvalue weighted by Crippen LogP contribution is -2.33. The van der Waals surface area contributed by atoms with Crippen LogP contribution in [0.2, 0.25) is 0 Å². The maximum absolute atomic E-state index is 12.2. The Morgan fingerprint density at radius 2 is 2.15 bits per heavy atom. The zero-order valence-corrected chi connectivity index (χ0v) is 13.4. The van der Waals surface area contributed by atoms with Gasteiger partial charge in [0.15, 0.2) is 0 Å². The average Bonchev–Trinajstić information content (AvgIpc) is 2.97. The molecule has 0 amide bonds. The molecule has 2 rings (SSSR count). The van der Waals surface area contributed by atoms with Crippen LogP contribution in [0.25, 0.3) is 0 Å². The summed E-state index contributed by atoms with van der Waals surface area (Å²) < 4.78 is 28.8. The van der Waals surface area contributed by atoms with Crippen LogP contribution in [-0.2, 0) is 16.4 Å². The standard InChI is InChI=1S/C13H19N3O2S2/c1-10(2)16-8-13(7-14-16)20(17,18)15-11(3)6-12-4-5-19-9-12/h4-5,7-11,15H,6H2,1-3H3/t11-/m1/s1. The Morgan fingerprint density at radius 1 is 1.40 bits per heavy atom. The van der Waals surface area contributed by atoms with Crippen molar-refractivity contribution in [1.82, 2.24) is 14.5 Å². The topological polar surface area (TPSA) is 64.0 Å². The van der Waals surface area contributed by atoms with Crippen LogP contribution in [0.4, 0.5) is 0 Å². The molecule has 110 valence electrons. The predicted molar refractivity (Wildman–Crippen MR) is 80.4 cm³/mol. The fourth-order valence-corrected chi connectivity index (χ4v) is 3.74. The van der Waals surface area contributed by atoms with Crippen molar-refractivity contribution in [2.24, 2.45) is 0 Å². The minimum atomic E-state index is -3.51. The van der Waals surface area contributed by atoms with Crippen LogP contribution in [0.15, 0.2) is 34.1 Å². The molecule has 0 saturated carbocycles. The molecule has 7 heteroatoms. The van der Waals surface area contributed by atoms with Crippen LogP contribution in [0.1, 0.15) is 32.4 Å². The summed E-state index contributed by atoms with van der Waals surface area (Å²) in [6.45, 7) is 5.77. The predicted octanol–water partition coefficient (Wildman–Crippen LogP) is 2.44. The van der Waals surface area contributed by atoms with E-state index in [9.17, 15) is 8.42 Å². The first-order valence-electron chi connectivity index (χ1n) is 6.46. The second-order valence-corrected chi connectivity index (χ2v) is 7.60. The Labute approximate surface area is 123 Å². The lowest BCUT2D eigenvalue weighted by molar-refractivity contribution is 0.530. The number of nitrogens with zero attached hydrogens (tertiary/aromatic N) is 2. The summed E-state index contributed by atoms with van der Waals surface area (Å²) in [7, 11) is -3.51. The number of sulfonamides is 1. The van der Waals surface area contributed by atoms with Crippen LogP contribution in [0.5, 0.6) is 0 Å². The Kier molecular flexibility index (Phi) is 4.62. The van der Waals surface area contributed by atoms with Crippen LogP contribution < -0.4 is 4.72 Å². The molecule has 0 aliphatic heterocycles. The quantitative estimate of drug-likeness (QED) is 0.891. The number of aromatic nitrogens is 2. The fraction of sp³-hybridized carbons (Fsp3) is 0.462. The number of hydrogen-bond donors (Lipinski definition) is 1. The Bertz CT molecular complexity index is 645. The van der Waals surface area contributed by atoms with E-state index in [0.29, 0.717) is 6.42 Å². The van der Waals surface area contributed by atoms with Crippen molar-refractivity contribution in [1.29, 1.82) is 0 Å². The van der Waals surface area contributed by atoms with Gasteiger partial charge in [0.2, 0.25) is 10.0 Å². The SMILES string of the molecule is CC(C)n1cc(S(=O)(=O)N[C@H](C)Cc2ccsc2)cn1. The van der Waals surface area contributed by atoms with E-state index in [4.69, 9.17) is 0 Å². The molecule has 0 fully saturated rings. The summed E-state index contributed by atoms with van der Waals surface area (Å²) in [5.41, 5.74) is 1.14. The molecule has 0 aliphatic rings. The van der Waals surface area contributed by atoms with E-state index in [0.717, 1.165) is 5.56 Å². The minimum Gasteiger partial charge on any atom is -0.269 e. The number of hydrogen-bond acceptors (Lipinski definition) is 4. The molecule has 0 spiro atoms. The van der Waals surface area contributed by atoms with Gasteiger partial charge in [0.05, 0.1) is 6.20 Å². The first-order valence-corrected chi connectivity index (χ1v) is 8.88. The summed E-state index contributed by atoms with van der Waals surface area (Å²) in [6, 6.07) is 1.99. The first kappa shape index (κ1) is 15.2. The van der Waals surface area contributed by atoms with Crippen molar-refractivity contribution in [3.05, 3.63) is 34.8 Å². The van der Waals surface area contributed by atoms with Gasteiger partial charge in [0, 0.05) is 18.3 Å². The van der Waals surface area contributed by atoms with Gasteiger partial charge in [-0.15, -0.1) is 0 Å². The van der Waals surface area contributed by atoms with E-state index in [1.165, 1.54) is 6.20 Å². The summed E-state index contributed by atoms with van der Waals surface area (Å²) in [5.74, 6) is 0. The zero-order chi connectivity index (χ0) is 14.8. The van der Waals surface area contributed by atoms with E-state index in [1.54, 1.807) is 22.2 Å². The maximum Gasteiger partial charge on any atom is 0.243 e. The molecule has 5 nitrogen and oxygen atoms in total. The van der Waals surface area contributed by atoms with Gasteiger partial charge in [-0.2, -0.15) is 16.4 Å². The summed E-state index contributed by atoms with van der Waals surface area (Å²) in [5, 5.41) is 8.08. The lowest BCUT2D eigenvalue weighted by Gasteiger charge is -2.12. The highest BCUT2D eigenvalue weighted by atomic mass is 32.2. The third-order valence-electron chi connectivity index (χ3n) is 2.90. The van der Waals surface area contributed by atoms with Gasteiger partial charge in [-0.3, -0.25) is 4.68 Å². The van der Waals surface area contributed by atoms with Crippen LogP contribution >= 0.6 is 11.3 Å². The highest BCUT2D eigenvalue weighted by molar-refractivity contribution is 7.89. The molecule has 1 N–H and O–H groups in total. The third kappa shape index (κ3) is 3.68. The van der Waals surface area contributed by atoms with Crippen molar-refractivity contribution in [3.63, 3.8) is 0 Å². The van der Waals surface area contributed by atoms with E-state index in [2.05, 4.69) is 9.82 Å². The minimum absolute atomic E-state index is 0.141. The van der Waals surface area contributed by atoms with Gasteiger partial charge in [-0.05, 0) is 49.6 Å². The van der Waals surface area contributed by atoms with Crippen molar-refractivity contribution in [3.8, 4) is 0 Å². The zero-order valence-electron chi connectivity index (χ0n) is 11.8. The second kappa shape index (κ2) is 6.07. The molecule has 0 unspecified atom stereocenters. The van der Waals surface area contributed by atoms with Gasteiger partial charge < -0.3 is 0 Å². The fourth-order valence-electron chi connectivity index (χ4n) is 1.88. The third-order valence-corrected chi connectivity index (χ3v) is 5.17. The molecule has 0 aliphatic carbocycles. The number of nitrogens with one attached hydrogen (secondary N) is 1. The molecule has 2 heterocycles. The summed E-state index contributed by atoms with van der Waals surface area (Å²) in [4.78, 5) is 0.211. The molecule has 2 aromatic rings. The number of rotatable bonds is 6. The first-order chi connectivity index (χ1) is 9.38. The highest BCUT2D eigenvalue weighted by Gasteiger charge is 2.20. The number of thiophene rings is 1. The van der Waals surface area contributed by atoms with Crippen LogP contribution in [0.3, 0.4) is 0 Å². The van der Waals surface area contributed by atoms with Crippen molar-refractivity contribution in [2.45, 2.75) is 44.2 Å². The highest BCUT2D eigenvalue weighted by Crippen LogP contribution is 2.13. The Hall–Kier alpha value is -1.18. The van der Waals surface area contributed by atoms with Crippen LogP contribution in [0, 0.1) is 0 Å². The van der Waals surface area contributed by atoms with E-state index < -0.39 is 10.0 Å². The molecule has 2 aromatic heterocycles. The Balaban J connectivity index is 2.06. The normalized spacial score (nSPS) is 13.8. The lowest BCUT2D eigenvalue weighted by atomic mass is 10.1. The van der Waals surface area contributed by atoms with E-state index >= 15 is 0 Å². The average molecular weight is 313 g/mol. The molecule has 0 bridgehead atoms. The van der Waals surface area contributed by atoms with Gasteiger partial charge in [-0.1, -0.05) is 0 Å². The van der Waals surface area contributed by atoms with Crippen molar-refractivity contribution in [2.75, 3.05) is 0 Å². The molecule has 0 radical (unpaired) electrons. The second-order valence-electron chi connectivity index (χ2n) is 5.11. The smallest absolute Gasteiger partial charge is 0.243 e. The molecule has 0 aromatic carbocycles. The molecular weight excluding hydrogens is 294 g/mol.